The van der Waals surface area contributed by atoms with Gasteiger partial charge in [0.05, 0.1) is 17.3 Å². The van der Waals surface area contributed by atoms with Crippen LogP contribution in [0.15, 0.2) is 98.8 Å². The highest BCUT2D eigenvalue weighted by Gasteiger charge is 2.46. The molecule has 5 rings (SSSR count). The molecule has 6 nitrogen and oxygen atoms in total. The fourth-order valence-electron chi connectivity index (χ4n) is 4.23. The Hall–Kier alpha value is -3.45. The number of carbonyl (C=O) groups is 1. The molecule has 0 aromatic heterocycles. The highest BCUT2D eigenvalue weighted by atomic mass is 79.9. The Morgan fingerprint density at radius 1 is 1.08 bits per heavy atom. The molecule has 1 saturated heterocycles. The molecule has 2 aliphatic heterocycles. The maximum atomic E-state index is 14.1. The van der Waals surface area contributed by atoms with Gasteiger partial charge in [-0.2, -0.15) is 14.7 Å². The SMILES string of the molecule is CCNc1ccc(C#N)cc1[N+](=C1SC(=C2SC=CN2C)C(=O)N1Cc1ccccc1)c1ccc(Br)cc1. The molecule has 0 radical (unpaired) electrons. The second kappa shape index (κ2) is 11.5. The molecule has 3 aromatic rings. The van der Waals surface area contributed by atoms with Gasteiger partial charge in [-0.3, -0.25) is 0 Å². The Labute approximate surface area is 239 Å². The summed E-state index contributed by atoms with van der Waals surface area (Å²) in [6.45, 7) is 3.17. The lowest BCUT2D eigenvalue weighted by Gasteiger charge is -2.17. The molecule has 0 spiro atoms. The van der Waals surface area contributed by atoms with Crippen LogP contribution < -0.4 is 9.89 Å². The smallest absolute Gasteiger partial charge is 0.351 e. The van der Waals surface area contributed by atoms with E-state index in [0.717, 1.165) is 37.3 Å². The maximum Gasteiger partial charge on any atom is 0.351 e. The third-order valence-corrected chi connectivity index (χ3v) is 8.83. The van der Waals surface area contributed by atoms with Gasteiger partial charge in [0.1, 0.15) is 22.2 Å². The number of amidine groups is 1. The minimum atomic E-state index is -0.0459. The minimum absolute atomic E-state index is 0.0459. The Kier molecular flexibility index (Phi) is 7.93. The van der Waals surface area contributed by atoms with Crippen molar-refractivity contribution in [2.45, 2.75) is 13.5 Å². The van der Waals surface area contributed by atoms with Crippen molar-refractivity contribution in [1.82, 2.24) is 14.4 Å². The molecule has 1 fully saturated rings. The summed E-state index contributed by atoms with van der Waals surface area (Å²) in [4.78, 5) is 18.6. The summed E-state index contributed by atoms with van der Waals surface area (Å²) in [5.74, 6) is -0.0459. The number of anilines is 1. The van der Waals surface area contributed by atoms with E-state index in [-0.39, 0.29) is 5.91 Å². The van der Waals surface area contributed by atoms with Crippen LogP contribution in [0.5, 0.6) is 0 Å². The lowest BCUT2D eigenvalue weighted by Crippen LogP contribution is -2.34. The average molecular weight is 604 g/mol. The Morgan fingerprint density at radius 3 is 2.50 bits per heavy atom. The molecule has 190 valence electrons. The molecule has 1 amide bonds. The van der Waals surface area contributed by atoms with Crippen molar-refractivity contribution in [3.8, 4) is 6.07 Å². The number of hydrogen-bond acceptors (Lipinski definition) is 6. The molecule has 0 aliphatic carbocycles. The number of benzene rings is 3. The van der Waals surface area contributed by atoms with Crippen molar-refractivity contribution >= 4 is 67.6 Å². The van der Waals surface area contributed by atoms with Gasteiger partial charge in [-0.25, -0.2) is 4.79 Å². The summed E-state index contributed by atoms with van der Waals surface area (Å²) in [6, 6.07) is 25.9. The molecule has 0 unspecified atom stereocenters. The van der Waals surface area contributed by atoms with E-state index in [9.17, 15) is 10.1 Å². The molecule has 9 heteroatoms. The summed E-state index contributed by atoms with van der Waals surface area (Å²) >= 11 is 6.56. The maximum absolute atomic E-state index is 14.1. The standard InChI is InChI=1S/C29H25BrN5OS2/c1-3-32-24-14-9-21(18-31)17-25(24)35(23-12-10-22(30)11-13-23)29-34(19-20-7-5-4-6-8-20)27(36)26(38-29)28-33(2)15-16-37-28/h4-17,32H,3,19H2,1-2H3/q+1. The number of thioether (sulfide) groups is 2. The molecule has 0 atom stereocenters. The third kappa shape index (κ3) is 5.25. The second-order valence-corrected chi connectivity index (χ2v) is 11.4. The quantitative estimate of drug-likeness (QED) is 0.241. The first kappa shape index (κ1) is 26.2. The molecule has 2 aliphatic rings. The first-order valence-electron chi connectivity index (χ1n) is 12.0. The van der Waals surface area contributed by atoms with Gasteiger partial charge in [0.2, 0.25) is 0 Å². The van der Waals surface area contributed by atoms with Crippen molar-refractivity contribution in [2.75, 3.05) is 18.9 Å². The highest BCUT2D eigenvalue weighted by Crippen LogP contribution is 2.43. The Balaban J connectivity index is 1.79. The monoisotopic (exact) mass is 602 g/mol. The van der Waals surface area contributed by atoms with Crippen molar-refractivity contribution in [3.05, 3.63) is 110 Å². The van der Waals surface area contributed by atoms with Crippen molar-refractivity contribution < 1.29 is 4.79 Å². The van der Waals surface area contributed by atoms with E-state index < -0.39 is 0 Å². The largest absolute Gasteiger partial charge is 0.382 e. The number of nitriles is 1. The van der Waals surface area contributed by atoms with E-state index in [1.807, 2.05) is 108 Å². The van der Waals surface area contributed by atoms with E-state index in [1.165, 1.54) is 11.8 Å². The van der Waals surface area contributed by atoms with Crippen LogP contribution in [0.2, 0.25) is 0 Å². The zero-order valence-electron chi connectivity index (χ0n) is 20.9. The Bertz CT molecular complexity index is 1510. The van der Waals surface area contributed by atoms with Gasteiger partial charge in [-0.05, 0) is 54.3 Å². The number of rotatable bonds is 6. The van der Waals surface area contributed by atoms with Gasteiger partial charge in [0.15, 0.2) is 5.69 Å². The highest BCUT2D eigenvalue weighted by molar-refractivity contribution is 9.10. The number of nitrogens with zero attached hydrogens (tertiary/aromatic N) is 4. The number of halogens is 1. The van der Waals surface area contributed by atoms with Crippen LogP contribution in [0.3, 0.4) is 0 Å². The zero-order valence-corrected chi connectivity index (χ0v) is 24.1. The van der Waals surface area contributed by atoms with E-state index in [2.05, 4.69) is 31.9 Å². The summed E-state index contributed by atoms with van der Waals surface area (Å²) in [5.41, 5.74) is 4.14. The van der Waals surface area contributed by atoms with Gasteiger partial charge in [-0.1, -0.05) is 58.0 Å². The molecule has 0 saturated carbocycles. The molecular formula is C29H25BrN5OS2+. The molecular weight excluding hydrogens is 578 g/mol. The molecule has 38 heavy (non-hydrogen) atoms. The van der Waals surface area contributed by atoms with Gasteiger partial charge >= 0.3 is 11.1 Å². The van der Waals surface area contributed by atoms with Crippen LogP contribution >= 0.6 is 39.5 Å². The number of hydrogen-bond donors (Lipinski definition) is 1. The van der Waals surface area contributed by atoms with E-state index >= 15 is 0 Å². The number of amides is 1. The summed E-state index contributed by atoms with van der Waals surface area (Å²) in [5, 5.41) is 16.8. The number of nitrogens with one attached hydrogen (secondary N) is 1. The summed E-state index contributed by atoms with van der Waals surface area (Å²) < 4.78 is 3.04. The van der Waals surface area contributed by atoms with Crippen LogP contribution in [0.4, 0.5) is 17.1 Å². The van der Waals surface area contributed by atoms with Crippen LogP contribution in [0, 0.1) is 11.3 Å². The fourth-order valence-corrected chi connectivity index (χ4v) is 6.72. The summed E-state index contributed by atoms with van der Waals surface area (Å²) in [6.07, 6.45) is 1.96. The van der Waals surface area contributed by atoms with Gasteiger partial charge in [-0.15, -0.1) is 0 Å². The molecule has 3 aromatic carbocycles. The number of carbonyl (C=O) groups excluding carboxylic acids is 1. The van der Waals surface area contributed by atoms with Crippen molar-refractivity contribution in [2.24, 2.45) is 0 Å². The van der Waals surface area contributed by atoms with Gasteiger partial charge < -0.3 is 10.2 Å². The van der Waals surface area contributed by atoms with E-state index in [0.29, 0.717) is 23.6 Å². The second-order valence-electron chi connectivity index (χ2n) is 8.60. The van der Waals surface area contributed by atoms with Gasteiger partial charge in [0, 0.05) is 42.1 Å². The topological polar surface area (TPSA) is 62.4 Å². The predicted octanol–water partition coefficient (Wildman–Crippen LogP) is 7.04. The van der Waals surface area contributed by atoms with Gasteiger partial charge in [0.25, 0.3) is 0 Å². The first-order valence-corrected chi connectivity index (χ1v) is 14.5. The fraction of sp³-hybridized carbons (Fsp3) is 0.138. The van der Waals surface area contributed by atoms with Crippen LogP contribution in [-0.2, 0) is 11.3 Å². The molecule has 1 N–H and O–H groups in total. The third-order valence-electron chi connectivity index (χ3n) is 6.04. The molecule has 2 heterocycles. The zero-order chi connectivity index (χ0) is 26.6. The Morgan fingerprint density at radius 2 is 1.84 bits per heavy atom. The van der Waals surface area contributed by atoms with Crippen LogP contribution in [-0.4, -0.2) is 34.5 Å². The van der Waals surface area contributed by atoms with Crippen LogP contribution in [0.25, 0.3) is 0 Å². The minimum Gasteiger partial charge on any atom is -0.382 e. The van der Waals surface area contributed by atoms with Crippen molar-refractivity contribution in [1.29, 1.82) is 5.26 Å². The van der Waals surface area contributed by atoms with Crippen molar-refractivity contribution in [3.63, 3.8) is 0 Å². The molecule has 0 bridgehead atoms. The van der Waals surface area contributed by atoms with E-state index in [4.69, 9.17) is 0 Å². The lowest BCUT2D eigenvalue weighted by atomic mass is 10.1. The summed E-state index contributed by atoms with van der Waals surface area (Å²) in [7, 11) is 1.96. The normalized spacial score (nSPS) is 18.2. The lowest BCUT2D eigenvalue weighted by molar-refractivity contribution is -0.122. The predicted molar refractivity (Wildman–Crippen MR) is 162 cm³/mol. The first-order chi connectivity index (χ1) is 18.5. The van der Waals surface area contributed by atoms with Crippen LogP contribution in [0.1, 0.15) is 18.1 Å². The van der Waals surface area contributed by atoms with E-state index in [1.54, 1.807) is 11.8 Å². The average Bonchev–Trinajstić information content (AvgIpc) is 3.49.